The molecular formula is C33H42N4O5S. The Hall–Kier alpha value is -3.66. The Morgan fingerprint density at radius 3 is 2.47 bits per heavy atom. The Kier molecular flexibility index (Phi) is 9.54. The fourth-order valence-electron chi connectivity index (χ4n) is 6.79. The van der Waals surface area contributed by atoms with Crippen LogP contribution in [0.4, 0.5) is 5.69 Å². The van der Waals surface area contributed by atoms with Gasteiger partial charge in [0.1, 0.15) is 12.2 Å². The second kappa shape index (κ2) is 13.3. The van der Waals surface area contributed by atoms with E-state index in [-0.39, 0.29) is 48.2 Å². The largest absolute Gasteiger partial charge is 0.481 e. The molecule has 0 spiro atoms. The number of anilines is 1. The van der Waals surface area contributed by atoms with Crippen molar-refractivity contribution in [2.24, 2.45) is 11.8 Å². The number of fused-ring (bicyclic) bond motifs is 1. The summed E-state index contributed by atoms with van der Waals surface area (Å²) >= 11 is 1.55. The van der Waals surface area contributed by atoms with Crippen LogP contribution in [0.1, 0.15) is 74.8 Å². The van der Waals surface area contributed by atoms with E-state index in [9.17, 15) is 24.3 Å². The monoisotopic (exact) mass is 606 g/mol. The zero-order valence-electron chi connectivity index (χ0n) is 25.3. The van der Waals surface area contributed by atoms with Crippen LogP contribution in [0, 0.1) is 18.8 Å². The van der Waals surface area contributed by atoms with Gasteiger partial charge in [0.2, 0.25) is 11.8 Å². The van der Waals surface area contributed by atoms with Gasteiger partial charge in [0.15, 0.2) is 0 Å². The van der Waals surface area contributed by atoms with Crippen molar-refractivity contribution in [2.75, 3.05) is 18.0 Å². The quantitative estimate of drug-likeness (QED) is 0.336. The van der Waals surface area contributed by atoms with E-state index >= 15 is 0 Å². The lowest BCUT2D eigenvalue weighted by atomic mass is 9.83. The van der Waals surface area contributed by atoms with Gasteiger partial charge in [0, 0.05) is 36.8 Å². The van der Waals surface area contributed by atoms with Crippen molar-refractivity contribution in [3.8, 4) is 0 Å². The molecule has 2 unspecified atom stereocenters. The number of thiophene rings is 1. The zero-order valence-corrected chi connectivity index (χ0v) is 26.1. The number of carbonyl (C=O) groups excluding carboxylic acids is 3. The zero-order chi connectivity index (χ0) is 30.7. The van der Waals surface area contributed by atoms with Gasteiger partial charge >= 0.3 is 5.97 Å². The number of rotatable bonds is 9. The third-order valence-electron chi connectivity index (χ3n) is 9.21. The van der Waals surface area contributed by atoms with Gasteiger partial charge in [-0.15, -0.1) is 11.3 Å². The molecule has 3 heterocycles. The number of likely N-dealkylation sites (N-methyl/N-ethyl adjacent to an activating group) is 1. The molecule has 2 N–H and O–H groups in total. The summed E-state index contributed by atoms with van der Waals surface area (Å²) in [6, 6.07) is 11.6. The molecule has 2 fully saturated rings. The van der Waals surface area contributed by atoms with Crippen LogP contribution in [0.15, 0.2) is 41.8 Å². The molecule has 1 saturated heterocycles. The van der Waals surface area contributed by atoms with Crippen LogP contribution in [0.25, 0.3) is 10.2 Å². The topological polar surface area (TPSA) is 112 Å². The van der Waals surface area contributed by atoms with E-state index in [2.05, 4.69) is 5.32 Å². The lowest BCUT2D eigenvalue weighted by molar-refractivity contribution is -0.149. The number of aryl methyl sites for hydroxylation is 1. The molecule has 1 aliphatic heterocycles. The van der Waals surface area contributed by atoms with Gasteiger partial charge in [-0.25, -0.2) is 0 Å². The minimum atomic E-state index is -0.772. The molecule has 5 rings (SSSR count). The van der Waals surface area contributed by atoms with E-state index in [1.54, 1.807) is 16.2 Å². The molecular weight excluding hydrogens is 564 g/mol. The summed E-state index contributed by atoms with van der Waals surface area (Å²) in [5.41, 5.74) is 3.26. The number of aliphatic carboxylic acids is 1. The summed E-state index contributed by atoms with van der Waals surface area (Å²) in [6.07, 6.45) is 4.56. The van der Waals surface area contributed by atoms with Crippen molar-refractivity contribution in [3.63, 3.8) is 0 Å². The molecule has 0 bridgehead atoms. The smallest absolute Gasteiger partial charge is 0.306 e. The van der Waals surface area contributed by atoms with Crippen LogP contribution in [-0.2, 0) is 20.9 Å². The minimum Gasteiger partial charge on any atom is -0.481 e. The van der Waals surface area contributed by atoms with Gasteiger partial charge in [0.05, 0.1) is 16.1 Å². The number of carboxylic acids is 1. The highest BCUT2D eigenvalue weighted by molar-refractivity contribution is 7.17. The van der Waals surface area contributed by atoms with Crippen molar-refractivity contribution < 1.29 is 24.3 Å². The molecule has 1 aromatic carbocycles. The van der Waals surface area contributed by atoms with E-state index in [0.29, 0.717) is 57.3 Å². The first-order valence-corrected chi connectivity index (χ1v) is 16.4. The molecule has 2 atom stereocenters. The van der Waals surface area contributed by atoms with E-state index in [0.717, 1.165) is 27.9 Å². The number of hydrogen-bond donors (Lipinski definition) is 2. The molecule has 1 aliphatic carbocycles. The number of likely N-dealkylation sites (tertiary alicyclic amines) is 1. The molecule has 9 nitrogen and oxygen atoms in total. The van der Waals surface area contributed by atoms with Crippen molar-refractivity contribution in [3.05, 3.63) is 53.0 Å². The second-order valence-corrected chi connectivity index (χ2v) is 12.9. The van der Waals surface area contributed by atoms with Crippen LogP contribution in [0.5, 0.6) is 0 Å². The fraction of sp³-hybridized carbons (Fsp3) is 0.515. The molecule has 2 aromatic heterocycles. The van der Waals surface area contributed by atoms with Gasteiger partial charge in [0.25, 0.3) is 5.91 Å². The van der Waals surface area contributed by atoms with Gasteiger partial charge in [-0.1, -0.05) is 19.1 Å². The highest BCUT2D eigenvalue weighted by atomic mass is 32.1. The van der Waals surface area contributed by atoms with Crippen LogP contribution in [-0.4, -0.2) is 63.4 Å². The van der Waals surface area contributed by atoms with Gasteiger partial charge in [-0.3, -0.25) is 19.2 Å². The number of piperidine rings is 1. The lowest BCUT2D eigenvalue weighted by Gasteiger charge is -2.41. The minimum absolute atomic E-state index is 0.0290. The molecule has 10 heteroatoms. The van der Waals surface area contributed by atoms with E-state index in [1.165, 1.54) is 0 Å². The van der Waals surface area contributed by atoms with E-state index in [1.807, 2.05) is 72.0 Å². The number of hydrogen-bond acceptors (Lipinski definition) is 5. The predicted octanol–water partition coefficient (Wildman–Crippen LogP) is 5.45. The Morgan fingerprint density at radius 1 is 1.02 bits per heavy atom. The third-order valence-corrected chi connectivity index (χ3v) is 10.1. The van der Waals surface area contributed by atoms with Crippen molar-refractivity contribution in [2.45, 2.75) is 84.3 Å². The summed E-state index contributed by atoms with van der Waals surface area (Å²) in [7, 11) is 0. The number of benzene rings is 1. The first kappa shape index (κ1) is 30.8. The summed E-state index contributed by atoms with van der Waals surface area (Å²) in [6.45, 7) is 7.04. The number of nitrogens with zero attached hydrogens (tertiary/aromatic N) is 3. The molecule has 2 aliphatic rings. The second-order valence-electron chi connectivity index (χ2n) is 11.9. The number of aromatic nitrogens is 1. The normalized spacial score (nSPS) is 22.3. The first-order valence-electron chi connectivity index (χ1n) is 15.5. The summed E-state index contributed by atoms with van der Waals surface area (Å²) < 4.78 is 2.78. The average molecular weight is 607 g/mol. The molecule has 230 valence electrons. The molecule has 1 saturated carbocycles. The molecule has 0 radical (unpaired) electrons. The number of nitrogens with one attached hydrogen (secondary N) is 1. The predicted molar refractivity (Wildman–Crippen MR) is 168 cm³/mol. The maximum Gasteiger partial charge on any atom is 0.306 e. The fourth-order valence-corrected chi connectivity index (χ4v) is 7.61. The highest BCUT2D eigenvalue weighted by Gasteiger charge is 2.37. The SMILES string of the molecule is CCC1CC(C(=O)O)CCN1C(=O)C1CCC(NC(=O)c2cc3sccc3n2CC(=O)N(CC)c2cccc(C)c2)CC1. The Morgan fingerprint density at radius 2 is 1.79 bits per heavy atom. The number of carbonyl (C=O) groups is 4. The standard InChI is InChI=1S/C33H42N4O5S/c1-4-25-18-23(33(41)42)13-15-36(25)32(40)22-9-11-24(12-10-22)34-31(39)28-19-29-27(14-16-43-29)37(28)20-30(38)35(5-2)26-8-6-7-21(3)17-26/h6-8,14,16-17,19,22-25H,4-5,9-13,15,18,20H2,1-3H3,(H,34,39)(H,41,42). The summed E-state index contributed by atoms with van der Waals surface area (Å²) in [5, 5.41) is 14.6. The van der Waals surface area contributed by atoms with Crippen LogP contribution >= 0.6 is 11.3 Å². The summed E-state index contributed by atoms with van der Waals surface area (Å²) in [4.78, 5) is 55.7. The van der Waals surface area contributed by atoms with Crippen molar-refractivity contribution in [1.82, 2.24) is 14.8 Å². The molecule has 43 heavy (non-hydrogen) atoms. The van der Waals surface area contributed by atoms with Gasteiger partial charge in [-0.2, -0.15) is 0 Å². The van der Waals surface area contributed by atoms with Crippen LogP contribution < -0.4 is 10.2 Å². The highest BCUT2D eigenvalue weighted by Crippen LogP contribution is 2.32. The van der Waals surface area contributed by atoms with Gasteiger partial charge < -0.3 is 24.8 Å². The first-order chi connectivity index (χ1) is 20.7. The Balaban J connectivity index is 1.22. The summed E-state index contributed by atoms with van der Waals surface area (Å²) in [5.74, 6) is -1.41. The van der Waals surface area contributed by atoms with Crippen LogP contribution in [0.3, 0.4) is 0 Å². The third kappa shape index (κ3) is 6.64. The lowest BCUT2D eigenvalue weighted by Crippen LogP contribution is -2.50. The Labute approximate surface area is 256 Å². The number of carboxylic acid groups (broad SMARTS) is 1. The van der Waals surface area contributed by atoms with E-state index < -0.39 is 5.97 Å². The molecule has 3 aromatic rings. The van der Waals surface area contributed by atoms with Crippen molar-refractivity contribution in [1.29, 1.82) is 0 Å². The Bertz CT molecular complexity index is 1490. The van der Waals surface area contributed by atoms with Crippen LogP contribution in [0.2, 0.25) is 0 Å². The van der Waals surface area contributed by atoms with Crippen molar-refractivity contribution >= 4 is 50.9 Å². The maximum atomic E-state index is 13.6. The molecule has 3 amide bonds. The van der Waals surface area contributed by atoms with E-state index in [4.69, 9.17) is 0 Å². The average Bonchev–Trinajstić information content (AvgIpc) is 3.60. The van der Waals surface area contributed by atoms with Gasteiger partial charge in [-0.05, 0) is 94.0 Å². The maximum absolute atomic E-state index is 13.6. The number of amides is 3.